The molecule has 0 spiro atoms. The van der Waals surface area contributed by atoms with Crippen molar-refractivity contribution in [1.82, 2.24) is 5.53 Å². The fraction of sp³-hybridized carbons (Fsp3) is 0.875. The standard InChI is InChI=1S/C8H19N3/c1-5-7(4)8(6(2)3)10-11-9/h6-7,11H,5,9H2,1-4H3/b10-8-. The third-order valence-electron chi connectivity index (χ3n) is 1.90. The van der Waals surface area contributed by atoms with Gasteiger partial charge < -0.3 is 0 Å². The maximum Gasteiger partial charge on any atom is 0.0447 e. The molecule has 1 unspecified atom stereocenters. The van der Waals surface area contributed by atoms with Crippen LogP contribution in [-0.4, -0.2) is 5.71 Å². The number of hydrogen-bond acceptors (Lipinski definition) is 3. The zero-order chi connectivity index (χ0) is 8.85. The molecule has 0 rings (SSSR count). The molecular weight excluding hydrogens is 138 g/mol. The first kappa shape index (κ1) is 10.4. The Morgan fingerprint density at radius 2 is 2.00 bits per heavy atom. The lowest BCUT2D eigenvalue weighted by Crippen LogP contribution is -2.24. The van der Waals surface area contributed by atoms with E-state index in [0.717, 1.165) is 12.1 Å². The Morgan fingerprint density at radius 1 is 1.45 bits per heavy atom. The molecule has 0 saturated carbocycles. The monoisotopic (exact) mass is 157 g/mol. The summed E-state index contributed by atoms with van der Waals surface area (Å²) in [5.41, 5.74) is 3.50. The lowest BCUT2D eigenvalue weighted by Gasteiger charge is -2.15. The summed E-state index contributed by atoms with van der Waals surface area (Å²) in [4.78, 5) is 0. The molecule has 0 heterocycles. The Balaban J connectivity index is 4.21. The van der Waals surface area contributed by atoms with Crippen LogP contribution in [0.3, 0.4) is 0 Å². The van der Waals surface area contributed by atoms with Gasteiger partial charge in [0.25, 0.3) is 0 Å². The third kappa shape index (κ3) is 3.37. The van der Waals surface area contributed by atoms with Crippen molar-refractivity contribution in [2.45, 2.75) is 34.1 Å². The third-order valence-corrected chi connectivity index (χ3v) is 1.90. The van der Waals surface area contributed by atoms with Crippen molar-refractivity contribution in [2.24, 2.45) is 22.8 Å². The summed E-state index contributed by atoms with van der Waals surface area (Å²) < 4.78 is 0. The molecule has 0 aliphatic heterocycles. The smallest absolute Gasteiger partial charge is 0.0447 e. The van der Waals surface area contributed by atoms with Gasteiger partial charge in [0, 0.05) is 5.71 Å². The van der Waals surface area contributed by atoms with E-state index in [4.69, 9.17) is 5.84 Å². The second-order valence-corrected chi connectivity index (χ2v) is 3.13. The van der Waals surface area contributed by atoms with Crippen molar-refractivity contribution in [3.63, 3.8) is 0 Å². The Kier molecular flexibility index (Phi) is 4.86. The minimum Gasteiger partial charge on any atom is -0.246 e. The predicted molar refractivity (Wildman–Crippen MR) is 49.1 cm³/mol. The highest BCUT2D eigenvalue weighted by molar-refractivity contribution is 5.87. The van der Waals surface area contributed by atoms with Crippen LogP contribution in [0.4, 0.5) is 0 Å². The summed E-state index contributed by atoms with van der Waals surface area (Å²) in [6.07, 6.45) is 1.11. The maximum atomic E-state index is 5.12. The van der Waals surface area contributed by atoms with Gasteiger partial charge in [0.05, 0.1) is 0 Å². The summed E-state index contributed by atoms with van der Waals surface area (Å²) in [6, 6.07) is 0. The molecule has 3 nitrogen and oxygen atoms in total. The van der Waals surface area contributed by atoms with Gasteiger partial charge in [-0.15, -0.1) is 0 Å². The van der Waals surface area contributed by atoms with Gasteiger partial charge in [0.15, 0.2) is 0 Å². The van der Waals surface area contributed by atoms with E-state index < -0.39 is 0 Å². The van der Waals surface area contributed by atoms with Gasteiger partial charge in [0.2, 0.25) is 0 Å². The van der Waals surface area contributed by atoms with Crippen LogP contribution < -0.4 is 11.4 Å². The zero-order valence-electron chi connectivity index (χ0n) is 7.89. The molecule has 0 aromatic carbocycles. The molecule has 0 fully saturated rings. The summed E-state index contributed by atoms with van der Waals surface area (Å²) >= 11 is 0. The van der Waals surface area contributed by atoms with Crippen LogP contribution in [0.1, 0.15) is 34.1 Å². The molecule has 3 N–H and O–H groups in total. The molecule has 66 valence electrons. The molecule has 11 heavy (non-hydrogen) atoms. The summed E-state index contributed by atoms with van der Waals surface area (Å²) in [7, 11) is 0. The molecule has 0 aromatic heterocycles. The second kappa shape index (κ2) is 5.13. The van der Waals surface area contributed by atoms with E-state index in [2.05, 4.69) is 38.3 Å². The number of hydrogen-bond donors (Lipinski definition) is 2. The van der Waals surface area contributed by atoms with Crippen LogP contribution in [0, 0.1) is 11.8 Å². The maximum absolute atomic E-state index is 5.12. The van der Waals surface area contributed by atoms with Crippen molar-refractivity contribution in [1.29, 1.82) is 0 Å². The lowest BCUT2D eigenvalue weighted by molar-refractivity contribution is 0.658. The highest BCUT2D eigenvalue weighted by atomic mass is 15.5. The Labute approximate surface area is 69.0 Å². The van der Waals surface area contributed by atoms with Gasteiger partial charge in [-0.25, -0.2) is 11.4 Å². The molecular formula is C8H19N3. The first-order valence-corrected chi connectivity index (χ1v) is 4.16. The number of nitrogens with one attached hydrogen (secondary N) is 1. The molecule has 0 bridgehead atoms. The van der Waals surface area contributed by atoms with Crippen LogP contribution >= 0.6 is 0 Å². The van der Waals surface area contributed by atoms with E-state index in [-0.39, 0.29) is 0 Å². The highest BCUT2D eigenvalue weighted by Crippen LogP contribution is 2.10. The van der Waals surface area contributed by atoms with Crippen LogP contribution in [0.2, 0.25) is 0 Å². The van der Waals surface area contributed by atoms with Gasteiger partial charge in [-0.2, -0.15) is 5.10 Å². The van der Waals surface area contributed by atoms with E-state index in [0.29, 0.717) is 11.8 Å². The molecule has 0 amide bonds. The lowest BCUT2D eigenvalue weighted by atomic mass is 9.94. The summed E-state index contributed by atoms with van der Waals surface area (Å²) in [6.45, 7) is 8.57. The first-order valence-electron chi connectivity index (χ1n) is 4.16. The topological polar surface area (TPSA) is 50.4 Å². The number of nitrogens with two attached hydrogens (primary N) is 1. The summed E-state index contributed by atoms with van der Waals surface area (Å²) in [5.74, 6) is 6.11. The minimum absolute atomic E-state index is 0.473. The fourth-order valence-corrected chi connectivity index (χ4v) is 1.09. The van der Waals surface area contributed by atoms with Crippen molar-refractivity contribution in [3.05, 3.63) is 0 Å². The van der Waals surface area contributed by atoms with Gasteiger partial charge in [-0.05, 0) is 18.3 Å². The number of rotatable bonds is 4. The van der Waals surface area contributed by atoms with Crippen LogP contribution in [0.25, 0.3) is 0 Å². The van der Waals surface area contributed by atoms with E-state index in [9.17, 15) is 0 Å². The van der Waals surface area contributed by atoms with Gasteiger partial charge >= 0.3 is 0 Å². The van der Waals surface area contributed by atoms with Gasteiger partial charge in [0.1, 0.15) is 0 Å². The van der Waals surface area contributed by atoms with E-state index in [1.807, 2.05) is 0 Å². The molecule has 0 radical (unpaired) electrons. The molecule has 0 aliphatic rings. The Morgan fingerprint density at radius 3 is 2.27 bits per heavy atom. The average molecular weight is 157 g/mol. The SMILES string of the molecule is CCC(C)/C(=N\NN)C(C)C. The quantitative estimate of drug-likeness (QED) is 0.369. The molecule has 0 aromatic rings. The van der Waals surface area contributed by atoms with Crippen molar-refractivity contribution in [2.75, 3.05) is 0 Å². The largest absolute Gasteiger partial charge is 0.246 e. The molecule has 0 aliphatic carbocycles. The Bertz CT molecular complexity index is 129. The van der Waals surface area contributed by atoms with Crippen LogP contribution in [0.15, 0.2) is 5.10 Å². The minimum atomic E-state index is 0.473. The summed E-state index contributed by atoms with van der Waals surface area (Å²) in [5, 5.41) is 4.04. The average Bonchev–Trinajstić information content (AvgIpc) is 1.98. The van der Waals surface area contributed by atoms with Gasteiger partial charge in [-0.3, -0.25) is 0 Å². The second-order valence-electron chi connectivity index (χ2n) is 3.13. The highest BCUT2D eigenvalue weighted by Gasteiger charge is 2.11. The normalized spacial score (nSPS) is 15.3. The van der Waals surface area contributed by atoms with E-state index >= 15 is 0 Å². The number of nitrogens with zero attached hydrogens (tertiary/aromatic N) is 1. The molecule has 1 atom stereocenters. The van der Waals surface area contributed by atoms with E-state index in [1.54, 1.807) is 0 Å². The van der Waals surface area contributed by atoms with Crippen LogP contribution in [-0.2, 0) is 0 Å². The molecule has 0 saturated heterocycles. The van der Waals surface area contributed by atoms with Gasteiger partial charge in [-0.1, -0.05) is 27.7 Å². The van der Waals surface area contributed by atoms with Crippen molar-refractivity contribution >= 4 is 5.71 Å². The molecule has 3 heteroatoms. The Hall–Kier alpha value is -0.570. The number of hydrazine groups is 1. The predicted octanol–water partition coefficient (Wildman–Crippen LogP) is 1.51. The number of hydrazone groups is 1. The van der Waals surface area contributed by atoms with E-state index in [1.165, 1.54) is 0 Å². The first-order chi connectivity index (χ1) is 5.13. The van der Waals surface area contributed by atoms with Crippen molar-refractivity contribution < 1.29 is 0 Å². The van der Waals surface area contributed by atoms with Crippen LogP contribution in [0.5, 0.6) is 0 Å². The zero-order valence-corrected chi connectivity index (χ0v) is 7.89. The van der Waals surface area contributed by atoms with Crippen molar-refractivity contribution in [3.8, 4) is 0 Å². The fourth-order valence-electron chi connectivity index (χ4n) is 1.09.